The van der Waals surface area contributed by atoms with E-state index in [-0.39, 0.29) is 11.5 Å². The first kappa shape index (κ1) is 14.1. The molecule has 1 atom stereocenters. The van der Waals surface area contributed by atoms with Crippen LogP contribution in [0.5, 0.6) is 5.75 Å². The molecule has 0 heterocycles. The van der Waals surface area contributed by atoms with Crippen LogP contribution < -0.4 is 9.09 Å². The summed E-state index contributed by atoms with van der Waals surface area (Å²) < 4.78 is 19.3. The fourth-order valence-electron chi connectivity index (χ4n) is 1.71. The molecule has 0 bridgehead atoms. The van der Waals surface area contributed by atoms with Crippen molar-refractivity contribution in [1.82, 2.24) is 0 Å². The number of methoxy groups -OCH3 is 1. The molecule has 1 unspecified atom stereocenters. The van der Waals surface area contributed by atoms with Crippen molar-refractivity contribution in [3.05, 3.63) is 58.4 Å². The number of halogens is 2. The molecule has 0 spiro atoms. The number of ether oxygens (including phenoxy) is 1. The second kappa shape index (κ2) is 5.77. The third-order valence-electron chi connectivity index (χ3n) is 2.69. The summed E-state index contributed by atoms with van der Waals surface area (Å²) in [4.78, 5) is 12.4. The number of carbonyl (C=O) groups excluding carboxylic acids is 1. The third-order valence-corrected chi connectivity index (χ3v) is 4.02. The SMILES string of the molecule is COc1cc([AsH2])c(C(=O)c2ccccc2Cl)cc1F. The zero-order valence-electron chi connectivity index (χ0n) is 10.1. The van der Waals surface area contributed by atoms with Crippen LogP contribution in [-0.2, 0) is 0 Å². The van der Waals surface area contributed by atoms with Gasteiger partial charge < -0.3 is 0 Å². The van der Waals surface area contributed by atoms with E-state index in [0.717, 1.165) is 0 Å². The normalized spacial score (nSPS) is 10.3. The number of benzene rings is 2. The first-order valence-electron chi connectivity index (χ1n) is 5.47. The Labute approximate surface area is 124 Å². The van der Waals surface area contributed by atoms with Gasteiger partial charge >= 0.3 is 124 Å². The molecule has 0 aromatic heterocycles. The van der Waals surface area contributed by atoms with Gasteiger partial charge in [0.05, 0.1) is 0 Å². The molecule has 0 N–H and O–H groups in total. The first-order chi connectivity index (χ1) is 9.04. The topological polar surface area (TPSA) is 26.3 Å². The van der Waals surface area contributed by atoms with Crippen LogP contribution in [0.3, 0.4) is 0 Å². The molecule has 2 aromatic rings. The Kier molecular flexibility index (Phi) is 4.28. The molecule has 0 saturated heterocycles. The van der Waals surface area contributed by atoms with Gasteiger partial charge in [0, 0.05) is 0 Å². The van der Waals surface area contributed by atoms with E-state index in [9.17, 15) is 9.18 Å². The van der Waals surface area contributed by atoms with Crippen LogP contribution >= 0.6 is 11.6 Å². The van der Waals surface area contributed by atoms with Gasteiger partial charge in [-0.05, 0) is 0 Å². The van der Waals surface area contributed by atoms with Crippen molar-refractivity contribution >= 4 is 38.6 Å². The Morgan fingerprint density at radius 1 is 1.26 bits per heavy atom. The molecule has 2 rings (SSSR count). The van der Waals surface area contributed by atoms with Gasteiger partial charge in [-0.25, -0.2) is 0 Å². The van der Waals surface area contributed by atoms with Crippen molar-refractivity contribution in [2.24, 2.45) is 0 Å². The second-order valence-corrected chi connectivity index (χ2v) is 5.60. The summed E-state index contributed by atoms with van der Waals surface area (Å²) in [5.41, 5.74) is 0.680. The molecule has 19 heavy (non-hydrogen) atoms. The van der Waals surface area contributed by atoms with Gasteiger partial charge in [0.15, 0.2) is 0 Å². The van der Waals surface area contributed by atoms with Gasteiger partial charge in [-0.2, -0.15) is 0 Å². The van der Waals surface area contributed by atoms with E-state index in [2.05, 4.69) is 0 Å². The predicted octanol–water partition coefficient (Wildman–Crippen LogP) is 1.98. The zero-order chi connectivity index (χ0) is 14.0. The van der Waals surface area contributed by atoms with Crippen molar-refractivity contribution in [1.29, 1.82) is 0 Å². The van der Waals surface area contributed by atoms with E-state index in [1.54, 1.807) is 24.3 Å². The number of hydrogen-bond acceptors (Lipinski definition) is 2. The quantitative estimate of drug-likeness (QED) is 0.631. The number of rotatable bonds is 3. The Bertz CT molecular complexity index is 643. The van der Waals surface area contributed by atoms with Gasteiger partial charge in [-0.3, -0.25) is 0 Å². The third kappa shape index (κ3) is 2.83. The molecule has 0 aliphatic carbocycles. The minimum atomic E-state index is -0.556. The molecular weight excluding hydrogens is 330 g/mol. The molecule has 0 aliphatic heterocycles. The molecule has 5 heteroatoms. The van der Waals surface area contributed by atoms with Gasteiger partial charge in [0.2, 0.25) is 0 Å². The van der Waals surface area contributed by atoms with E-state index in [4.69, 9.17) is 16.3 Å². The number of carbonyl (C=O) groups is 1. The summed E-state index contributed by atoms with van der Waals surface area (Å²) >= 11 is 7.21. The van der Waals surface area contributed by atoms with Crippen molar-refractivity contribution in [2.75, 3.05) is 7.11 Å². The maximum absolute atomic E-state index is 13.7. The molecule has 0 radical (unpaired) electrons. The van der Waals surface area contributed by atoms with Crippen LogP contribution in [0.25, 0.3) is 0 Å². The van der Waals surface area contributed by atoms with Crippen LogP contribution in [0.1, 0.15) is 15.9 Å². The van der Waals surface area contributed by atoms with E-state index < -0.39 is 5.82 Å². The average Bonchev–Trinajstić information content (AvgIpc) is 2.40. The van der Waals surface area contributed by atoms with Crippen LogP contribution in [0, 0.1) is 5.82 Å². The van der Waals surface area contributed by atoms with Crippen LogP contribution in [0.2, 0.25) is 5.02 Å². The summed E-state index contributed by atoms with van der Waals surface area (Å²) in [6, 6.07) is 9.44. The van der Waals surface area contributed by atoms with Crippen molar-refractivity contribution in [3.8, 4) is 5.75 Å². The molecular formula is C14H11AsClFO2. The van der Waals surface area contributed by atoms with Crippen molar-refractivity contribution in [2.45, 2.75) is 0 Å². The predicted molar refractivity (Wildman–Crippen MR) is 76.0 cm³/mol. The van der Waals surface area contributed by atoms with E-state index in [1.807, 2.05) is 0 Å². The van der Waals surface area contributed by atoms with Gasteiger partial charge in [-0.15, -0.1) is 0 Å². The first-order valence-corrected chi connectivity index (χ1v) is 7.05. The molecule has 2 nitrogen and oxygen atoms in total. The minimum absolute atomic E-state index is 0.134. The summed E-state index contributed by atoms with van der Waals surface area (Å²) in [6.45, 7) is 0. The number of ketones is 1. The average molecular weight is 341 g/mol. The van der Waals surface area contributed by atoms with Crippen LogP contribution in [0.4, 0.5) is 4.39 Å². The zero-order valence-corrected chi connectivity index (χ0v) is 13.3. The Hall–Kier alpha value is -1.31. The van der Waals surface area contributed by atoms with Gasteiger partial charge in [-0.1, -0.05) is 0 Å². The van der Waals surface area contributed by atoms with E-state index in [1.165, 1.54) is 36.1 Å². The molecule has 0 saturated carbocycles. The fourth-order valence-corrected chi connectivity index (χ4v) is 2.70. The Balaban J connectivity index is 2.51. The Morgan fingerprint density at radius 2 is 1.95 bits per heavy atom. The van der Waals surface area contributed by atoms with Crippen molar-refractivity contribution in [3.63, 3.8) is 0 Å². The molecule has 0 amide bonds. The summed E-state index contributed by atoms with van der Waals surface area (Å²) in [7, 11) is 1.39. The second-order valence-electron chi connectivity index (χ2n) is 3.88. The number of hydrogen-bond donors (Lipinski definition) is 0. The van der Waals surface area contributed by atoms with Crippen LogP contribution in [0.15, 0.2) is 36.4 Å². The van der Waals surface area contributed by atoms with Crippen molar-refractivity contribution < 1.29 is 13.9 Å². The molecule has 2 aromatic carbocycles. The van der Waals surface area contributed by atoms with E-state index >= 15 is 0 Å². The van der Waals surface area contributed by atoms with Gasteiger partial charge in [0.25, 0.3) is 0 Å². The molecule has 0 aliphatic rings. The standard InChI is InChI=1S/C14H11AsClFO2/c1-19-13-7-10(15)9(6-12(13)17)14(18)8-4-2-3-5-11(8)16/h2-7H,15H2,1H3. The fraction of sp³-hybridized carbons (Fsp3) is 0.0714. The summed E-state index contributed by atoms with van der Waals surface area (Å²) in [5, 5.41) is 0.357. The Morgan fingerprint density at radius 3 is 2.58 bits per heavy atom. The van der Waals surface area contributed by atoms with Crippen LogP contribution in [-0.4, -0.2) is 29.7 Å². The summed E-state index contributed by atoms with van der Waals surface area (Å²) in [6.07, 6.45) is 0. The summed E-state index contributed by atoms with van der Waals surface area (Å²) in [5.74, 6) is -0.707. The molecule has 98 valence electrons. The maximum atomic E-state index is 13.7. The van der Waals surface area contributed by atoms with Gasteiger partial charge in [0.1, 0.15) is 0 Å². The van der Waals surface area contributed by atoms with E-state index in [0.29, 0.717) is 20.5 Å². The monoisotopic (exact) mass is 340 g/mol. The molecule has 0 fully saturated rings.